The zero-order valence-electron chi connectivity index (χ0n) is 20.4. The monoisotopic (exact) mass is 467 g/mol. The van der Waals surface area contributed by atoms with E-state index in [1.165, 1.54) is 0 Å². The Kier molecular flexibility index (Phi) is 5.33. The third-order valence-corrected chi connectivity index (χ3v) is 7.33. The first-order chi connectivity index (χ1) is 16.0. The Hall–Kier alpha value is -3.10. The first-order valence-electron chi connectivity index (χ1n) is 12.1. The number of hydrogen-bond donors (Lipinski definition) is 1. The number of imide groups is 1. The van der Waals surface area contributed by atoms with Crippen molar-refractivity contribution in [2.75, 3.05) is 31.1 Å². The maximum atomic E-state index is 12.4. The summed E-state index contributed by atoms with van der Waals surface area (Å²) >= 11 is 0. The SMILES string of the molecule is Cn1nc(C2CCC(=O)NC2=O)c2ccc(N3CCC4(CC3)CN(C(=O)OC(C)(C)C)C4)cc21. The molecule has 1 spiro atoms. The predicted molar refractivity (Wildman–Crippen MR) is 128 cm³/mol. The molecule has 3 fully saturated rings. The van der Waals surface area contributed by atoms with E-state index in [4.69, 9.17) is 4.74 Å². The fraction of sp³-hybridized carbons (Fsp3) is 0.600. The van der Waals surface area contributed by atoms with Crippen molar-refractivity contribution in [3.8, 4) is 0 Å². The highest BCUT2D eigenvalue weighted by Crippen LogP contribution is 2.42. The van der Waals surface area contributed by atoms with Gasteiger partial charge in [-0.3, -0.25) is 19.6 Å². The van der Waals surface area contributed by atoms with Gasteiger partial charge >= 0.3 is 6.09 Å². The van der Waals surface area contributed by atoms with E-state index in [0.717, 1.165) is 61.3 Å². The van der Waals surface area contributed by atoms with Gasteiger partial charge in [0.25, 0.3) is 0 Å². The molecular weight excluding hydrogens is 434 g/mol. The lowest BCUT2D eigenvalue weighted by molar-refractivity contribution is -0.134. The Bertz CT molecular complexity index is 1150. The average Bonchev–Trinajstić information content (AvgIpc) is 3.06. The van der Waals surface area contributed by atoms with Gasteiger partial charge in [-0.05, 0) is 58.2 Å². The summed E-state index contributed by atoms with van der Waals surface area (Å²) in [6.07, 6.45) is 2.70. The third-order valence-electron chi connectivity index (χ3n) is 7.33. The highest BCUT2D eigenvalue weighted by Gasteiger charge is 2.47. The maximum absolute atomic E-state index is 12.4. The van der Waals surface area contributed by atoms with Crippen LogP contribution in [0.25, 0.3) is 10.9 Å². The first-order valence-corrected chi connectivity index (χ1v) is 12.1. The number of fused-ring (bicyclic) bond motifs is 1. The molecule has 5 rings (SSSR count). The molecule has 182 valence electrons. The van der Waals surface area contributed by atoms with Gasteiger partial charge < -0.3 is 14.5 Å². The van der Waals surface area contributed by atoms with Crippen LogP contribution in [-0.2, 0) is 21.4 Å². The number of anilines is 1. The van der Waals surface area contributed by atoms with Crippen LogP contribution in [0, 0.1) is 5.41 Å². The second-order valence-electron chi connectivity index (χ2n) is 11.0. The molecule has 1 aromatic heterocycles. The van der Waals surface area contributed by atoms with Gasteiger partial charge in [0, 0.05) is 56.1 Å². The summed E-state index contributed by atoms with van der Waals surface area (Å²) in [6.45, 7) is 9.10. The number of aryl methyl sites for hydroxylation is 1. The lowest BCUT2D eigenvalue weighted by Gasteiger charge is -2.54. The van der Waals surface area contributed by atoms with Gasteiger partial charge in [0.2, 0.25) is 11.8 Å². The minimum absolute atomic E-state index is 0.197. The second kappa shape index (κ2) is 7.99. The van der Waals surface area contributed by atoms with Gasteiger partial charge in [0.15, 0.2) is 0 Å². The number of carbonyl (C=O) groups is 3. The normalized spacial score (nSPS) is 22.6. The molecule has 0 bridgehead atoms. The smallest absolute Gasteiger partial charge is 0.410 e. The maximum Gasteiger partial charge on any atom is 0.410 e. The number of nitrogens with zero attached hydrogens (tertiary/aromatic N) is 4. The molecule has 9 heteroatoms. The minimum Gasteiger partial charge on any atom is -0.444 e. The van der Waals surface area contributed by atoms with Crippen molar-refractivity contribution >= 4 is 34.5 Å². The Balaban J connectivity index is 1.25. The fourth-order valence-corrected chi connectivity index (χ4v) is 5.46. The van der Waals surface area contributed by atoms with Crippen molar-refractivity contribution < 1.29 is 19.1 Å². The van der Waals surface area contributed by atoms with E-state index >= 15 is 0 Å². The standard InChI is InChI=1S/C25H33N5O4/c1-24(2,3)34-23(33)30-14-25(15-30)9-11-29(12-10-25)16-5-6-17-19(13-16)28(4)27-21(17)18-7-8-20(31)26-22(18)32/h5-6,13,18H,7-12,14-15H2,1-4H3,(H,26,31,32). The summed E-state index contributed by atoms with van der Waals surface area (Å²) in [5.74, 6) is -0.872. The molecule has 1 atom stereocenters. The van der Waals surface area contributed by atoms with Crippen molar-refractivity contribution in [2.24, 2.45) is 12.5 Å². The quantitative estimate of drug-likeness (QED) is 0.682. The van der Waals surface area contributed by atoms with Gasteiger partial charge in [-0.25, -0.2) is 4.79 Å². The average molecular weight is 468 g/mol. The lowest BCUT2D eigenvalue weighted by atomic mass is 9.72. The molecule has 0 aliphatic carbocycles. The number of ether oxygens (including phenoxy) is 1. The number of amides is 3. The molecule has 0 radical (unpaired) electrons. The van der Waals surface area contributed by atoms with E-state index in [0.29, 0.717) is 12.8 Å². The van der Waals surface area contributed by atoms with Crippen molar-refractivity contribution in [3.63, 3.8) is 0 Å². The van der Waals surface area contributed by atoms with Gasteiger partial charge in [0.05, 0.1) is 17.1 Å². The van der Waals surface area contributed by atoms with Crippen LogP contribution in [0.4, 0.5) is 10.5 Å². The van der Waals surface area contributed by atoms with Crippen LogP contribution in [0.1, 0.15) is 58.1 Å². The second-order valence-corrected chi connectivity index (χ2v) is 11.0. The van der Waals surface area contributed by atoms with Gasteiger partial charge in [-0.1, -0.05) is 0 Å². The lowest BCUT2D eigenvalue weighted by Crippen LogP contribution is -2.62. The van der Waals surface area contributed by atoms with E-state index in [9.17, 15) is 14.4 Å². The van der Waals surface area contributed by atoms with E-state index in [1.54, 1.807) is 0 Å². The Labute approximate surface area is 199 Å². The van der Waals surface area contributed by atoms with E-state index < -0.39 is 11.5 Å². The molecule has 4 heterocycles. The zero-order chi connectivity index (χ0) is 24.3. The summed E-state index contributed by atoms with van der Waals surface area (Å²) in [7, 11) is 1.90. The molecule has 1 N–H and O–H groups in total. The predicted octanol–water partition coefficient (Wildman–Crippen LogP) is 2.93. The molecule has 3 amide bonds. The molecule has 3 saturated heterocycles. The minimum atomic E-state index is -0.467. The largest absolute Gasteiger partial charge is 0.444 e. The van der Waals surface area contributed by atoms with Crippen molar-refractivity contribution in [1.29, 1.82) is 0 Å². The fourth-order valence-electron chi connectivity index (χ4n) is 5.46. The van der Waals surface area contributed by atoms with Crippen LogP contribution in [0.5, 0.6) is 0 Å². The topological polar surface area (TPSA) is 96.8 Å². The van der Waals surface area contributed by atoms with Crippen LogP contribution >= 0.6 is 0 Å². The number of nitrogens with one attached hydrogen (secondary N) is 1. The number of rotatable bonds is 2. The molecule has 2 aromatic rings. The first kappa shape index (κ1) is 22.7. The van der Waals surface area contributed by atoms with Crippen LogP contribution in [-0.4, -0.2) is 64.4 Å². The molecule has 9 nitrogen and oxygen atoms in total. The Morgan fingerprint density at radius 1 is 1.18 bits per heavy atom. The van der Waals surface area contributed by atoms with E-state index in [1.807, 2.05) is 37.4 Å². The van der Waals surface area contributed by atoms with Gasteiger partial charge in [-0.15, -0.1) is 0 Å². The summed E-state index contributed by atoms with van der Waals surface area (Å²) in [4.78, 5) is 40.4. The molecule has 34 heavy (non-hydrogen) atoms. The summed E-state index contributed by atoms with van der Waals surface area (Å²) in [5.41, 5.74) is 2.60. The summed E-state index contributed by atoms with van der Waals surface area (Å²) in [6, 6.07) is 6.29. The van der Waals surface area contributed by atoms with Crippen LogP contribution in [0.3, 0.4) is 0 Å². The van der Waals surface area contributed by atoms with Crippen molar-refractivity contribution in [2.45, 2.75) is 58.0 Å². The van der Waals surface area contributed by atoms with Gasteiger partial charge in [-0.2, -0.15) is 5.10 Å². The van der Waals surface area contributed by atoms with Crippen molar-refractivity contribution in [3.05, 3.63) is 23.9 Å². The number of likely N-dealkylation sites (tertiary alicyclic amines) is 1. The van der Waals surface area contributed by atoms with E-state index in [2.05, 4.69) is 33.5 Å². The van der Waals surface area contributed by atoms with Crippen LogP contribution in [0.15, 0.2) is 18.2 Å². The molecule has 3 aliphatic heterocycles. The van der Waals surface area contributed by atoms with E-state index in [-0.39, 0.29) is 23.3 Å². The molecule has 1 aromatic carbocycles. The Morgan fingerprint density at radius 3 is 2.53 bits per heavy atom. The highest BCUT2D eigenvalue weighted by molar-refractivity contribution is 6.02. The zero-order valence-corrected chi connectivity index (χ0v) is 20.4. The number of hydrogen-bond acceptors (Lipinski definition) is 6. The van der Waals surface area contributed by atoms with Crippen LogP contribution in [0.2, 0.25) is 0 Å². The Morgan fingerprint density at radius 2 is 1.88 bits per heavy atom. The number of carbonyl (C=O) groups excluding carboxylic acids is 3. The highest BCUT2D eigenvalue weighted by atomic mass is 16.6. The number of benzene rings is 1. The summed E-state index contributed by atoms with van der Waals surface area (Å²) in [5, 5.41) is 8.04. The molecular formula is C25H33N5O4. The third kappa shape index (κ3) is 4.12. The van der Waals surface area contributed by atoms with Gasteiger partial charge in [0.1, 0.15) is 5.60 Å². The summed E-state index contributed by atoms with van der Waals surface area (Å²) < 4.78 is 7.33. The number of piperidine rings is 2. The van der Waals surface area contributed by atoms with Crippen molar-refractivity contribution in [1.82, 2.24) is 20.0 Å². The molecule has 0 saturated carbocycles. The van der Waals surface area contributed by atoms with Crippen LogP contribution < -0.4 is 10.2 Å². The molecule has 3 aliphatic rings. The number of aromatic nitrogens is 2. The molecule has 1 unspecified atom stereocenters.